The molecular weight excluding hydrogens is 384 g/mol. The molecular formula is C17H34N6O4S. The van der Waals surface area contributed by atoms with E-state index in [1.807, 2.05) is 16.7 Å². The number of nitrogens with one attached hydrogen (secondary N) is 2. The fourth-order valence-corrected chi connectivity index (χ4v) is 3.03. The van der Waals surface area contributed by atoms with Crippen LogP contribution >= 0.6 is 12.2 Å². The molecule has 2 saturated heterocycles. The van der Waals surface area contributed by atoms with Gasteiger partial charge in [-0.2, -0.15) is 0 Å². The fourth-order valence-electron chi connectivity index (χ4n) is 2.85. The van der Waals surface area contributed by atoms with Gasteiger partial charge in [-0.25, -0.2) is 5.84 Å². The second-order valence-corrected chi connectivity index (χ2v) is 6.74. The van der Waals surface area contributed by atoms with Crippen molar-refractivity contribution in [2.75, 3.05) is 78.7 Å². The molecule has 0 amide bonds. The van der Waals surface area contributed by atoms with Crippen molar-refractivity contribution >= 4 is 29.3 Å². The van der Waals surface area contributed by atoms with Crippen LogP contribution < -0.4 is 16.6 Å². The van der Waals surface area contributed by atoms with Crippen molar-refractivity contribution < 1.29 is 19.1 Å². The van der Waals surface area contributed by atoms with E-state index in [0.29, 0.717) is 31.4 Å². The number of carbonyl (C=O) groups excluding carboxylic acids is 2. The lowest BCUT2D eigenvalue weighted by Crippen LogP contribution is -2.53. The quantitative estimate of drug-likeness (QED) is 0.200. The first kappa shape index (κ1) is 24.5. The molecule has 2 heterocycles. The zero-order chi connectivity index (χ0) is 20.8. The summed E-state index contributed by atoms with van der Waals surface area (Å²) >= 11 is 5.02. The van der Waals surface area contributed by atoms with Crippen molar-refractivity contribution in [3.63, 3.8) is 0 Å². The van der Waals surface area contributed by atoms with E-state index in [-0.39, 0.29) is 11.9 Å². The van der Waals surface area contributed by atoms with Gasteiger partial charge in [-0.1, -0.05) is 0 Å². The van der Waals surface area contributed by atoms with Crippen LogP contribution in [-0.4, -0.2) is 110 Å². The van der Waals surface area contributed by atoms with Crippen molar-refractivity contribution in [2.45, 2.75) is 13.8 Å². The highest BCUT2D eigenvalue weighted by Crippen LogP contribution is 2.02. The van der Waals surface area contributed by atoms with Gasteiger partial charge < -0.3 is 25.1 Å². The molecule has 0 spiro atoms. The largest absolute Gasteiger partial charge is 0.465 e. The van der Waals surface area contributed by atoms with Crippen molar-refractivity contribution in [1.29, 1.82) is 0 Å². The van der Waals surface area contributed by atoms with Gasteiger partial charge in [0, 0.05) is 52.4 Å². The van der Waals surface area contributed by atoms with Gasteiger partial charge in [-0.3, -0.25) is 19.4 Å². The minimum atomic E-state index is -0.171. The highest BCUT2D eigenvalue weighted by atomic mass is 32.1. The van der Waals surface area contributed by atoms with Crippen LogP contribution in [0.5, 0.6) is 0 Å². The Hall–Kier alpha value is -1.53. The van der Waals surface area contributed by atoms with Crippen LogP contribution in [0.3, 0.4) is 0 Å². The van der Waals surface area contributed by atoms with Crippen molar-refractivity contribution in [3.05, 3.63) is 0 Å². The summed E-state index contributed by atoms with van der Waals surface area (Å²) in [6.07, 6.45) is 0. The Morgan fingerprint density at radius 2 is 1.39 bits per heavy atom. The Morgan fingerprint density at radius 1 is 0.929 bits per heavy atom. The summed E-state index contributed by atoms with van der Waals surface area (Å²) in [5.74, 6) is 4.95. The van der Waals surface area contributed by atoms with Crippen LogP contribution in [0.4, 0.5) is 0 Å². The van der Waals surface area contributed by atoms with E-state index in [1.54, 1.807) is 6.92 Å². The number of rotatable bonds is 6. The number of nitrogens with two attached hydrogens (primary N) is 1. The van der Waals surface area contributed by atoms with Crippen molar-refractivity contribution in [1.82, 2.24) is 25.4 Å². The average molecular weight is 419 g/mol. The molecule has 0 aliphatic carbocycles. The summed E-state index contributed by atoms with van der Waals surface area (Å²) in [7, 11) is 0. The molecule has 0 aromatic carbocycles. The maximum absolute atomic E-state index is 11.2. The molecule has 2 aliphatic heterocycles. The van der Waals surface area contributed by atoms with E-state index in [9.17, 15) is 9.59 Å². The normalized spacial score (nSPS) is 17.9. The minimum absolute atomic E-state index is 0.112. The summed E-state index contributed by atoms with van der Waals surface area (Å²) in [5, 5.41) is 3.78. The van der Waals surface area contributed by atoms with E-state index in [4.69, 9.17) is 27.5 Å². The predicted molar refractivity (Wildman–Crippen MR) is 111 cm³/mol. The Bertz CT molecular complexity index is 482. The average Bonchev–Trinajstić information content (AvgIpc) is 2.69. The highest BCUT2D eigenvalue weighted by Gasteiger charge is 2.20. The smallest absolute Gasteiger partial charge is 0.320 e. The summed E-state index contributed by atoms with van der Waals surface area (Å²) < 4.78 is 9.73. The highest BCUT2D eigenvalue weighted by molar-refractivity contribution is 7.80. The molecule has 0 atom stereocenters. The van der Waals surface area contributed by atoms with Crippen LogP contribution in [0.25, 0.3) is 0 Å². The van der Waals surface area contributed by atoms with Crippen LogP contribution in [0.2, 0.25) is 0 Å². The third-order valence-corrected chi connectivity index (χ3v) is 4.68. The number of hydrogen-bond acceptors (Lipinski definition) is 9. The third-order valence-electron chi connectivity index (χ3n) is 4.31. The third kappa shape index (κ3) is 10.1. The van der Waals surface area contributed by atoms with Gasteiger partial charge in [0.05, 0.1) is 26.3 Å². The molecule has 4 N–H and O–H groups in total. The first-order valence-electron chi connectivity index (χ1n) is 9.72. The molecule has 0 unspecified atom stereocenters. The lowest BCUT2D eigenvalue weighted by Gasteiger charge is -2.35. The second kappa shape index (κ2) is 14.5. The molecule has 0 aromatic rings. The minimum Gasteiger partial charge on any atom is -0.465 e. The predicted octanol–water partition coefficient (Wildman–Crippen LogP) is -1.63. The van der Waals surface area contributed by atoms with Gasteiger partial charge in [0.15, 0.2) is 5.11 Å². The molecule has 0 radical (unpaired) electrons. The molecule has 162 valence electrons. The standard InChI is InChI=1S/C9H18N4O2S.C8H16N2O2/c1-2-15-8(14)7-12-3-5-13(6-4-12)9(16)11-10;1-2-12-8(11)7-10-5-3-9-4-6-10/h2-7,10H2,1H3,(H,11,16);9H,2-7H2,1H3. The van der Waals surface area contributed by atoms with E-state index in [0.717, 1.165) is 52.4 Å². The number of hydrogen-bond donors (Lipinski definition) is 3. The van der Waals surface area contributed by atoms with Crippen molar-refractivity contribution in [3.8, 4) is 0 Å². The number of esters is 2. The Balaban J connectivity index is 0.000000292. The van der Waals surface area contributed by atoms with E-state index >= 15 is 0 Å². The second-order valence-electron chi connectivity index (χ2n) is 6.35. The number of nitrogens with zero attached hydrogens (tertiary/aromatic N) is 3. The molecule has 0 saturated carbocycles. The van der Waals surface area contributed by atoms with E-state index < -0.39 is 0 Å². The summed E-state index contributed by atoms with van der Waals surface area (Å²) in [6, 6.07) is 0. The molecule has 2 fully saturated rings. The lowest BCUT2D eigenvalue weighted by atomic mass is 10.3. The number of hydrazine groups is 1. The maximum atomic E-state index is 11.2. The zero-order valence-electron chi connectivity index (χ0n) is 16.9. The number of thiocarbonyl (C=S) groups is 1. The zero-order valence-corrected chi connectivity index (χ0v) is 17.8. The first-order chi connectivity index (χ1) is 13.5. The summed E-state index contributed by atoms with van der Waals surface area (Å²) in [4.78, 5) is 28.4. The van der Waals surface area contributed by atoms with Crippen molar-refractivity contribution in [2.24, 2.45) is 5.84 Å². The fraction of sp³-hybridized carbons (Fsp3) is 0.824. The van der Waals surface area contributed by atoms with Crippen LogP contribution in [-0.2, 0) is 19.1 Å². The number of carbonyl (C=O) groups is 2. The first-order valence-corrected chi connectivity index (χ1v) is 10.1. The monoisotopic (exact) mass is 418 g/mol. The number of piperazine rings is 2. The molecule has 0 aromatic heterocycles. The van der Waals surface area contributed by atoms with Crippen LogP contribution in [0.1, 0.15) is 13.8 Å². The maximum Gasteiger partial charge on any atom is 0.320 e. The van der Waals surface area contributed by atoms with Crippen LogP contribution in [0.15, 0.2) is 0 Å². The van der Waals surface area contributed by atoms with Crippen LogP contribution in [0, 0.1) is 0 Å². The molecule has 2 aliphatic rings. The molecule has 28 heavy (non-hydrogen) atoms. The molecule has 10 nitrogen and oxygen atoms in total. The van der Waals surface area contributed by atoms with Gasteiger partial charge in [0.25, 0.3) is 0 Å². The van der Waals surface area contributed by atoms with Gasteiger partial charge in [0.2, 0.25) is 0 Å². The van der Waals surface area contributed by atoms with E-state index in [1.165, 1.54) is 0 Å². The Labute approximate surface area is 172 Å². The van der Waals surface area contributed by atoms with Gasteiger partial charge in [0.1, 0.15) is 0 Å². The summed E-state index contributed by atoms with van der Waals surface area (Å²) in [5.41, 5.74) is 2.46. The number of ether oxygens (including phenoxy) is 2. The van der Waals surface area contributed by atoms with Gasteiger partial charge in [-0.15, -0.1) is 0 Å². The SMILES string of the molecule is CCOC(=O)CN1CCN(C(=S)NN)CC1.CCOC(=O)CN1CCNCC1. The lowest BCUT2D eigenvalue weighted by molar-refractivity contribution is -0.145. The molecule has 0 bridgehead atoms. The van der Waals surface area contributed by atoms with Gasteiger partial charge >= 0.3 is 11.9 Å². The molecule has 11 heteroatoms. The topological polar surface area (TPSA) is 112 Å². The molecule has 2 rings (SSSR count). The summed E-state index contributed by atoms with van der Waals surface area (Å²) in [6.45, 7) is 12.3. The van der Waals surface area contributed by atoms with E-state index in [2.05, 4.69) is 15.6 Å². The Kier molecular flexibility index (Phi) is 12.7. The van der Waals surface area contributed by atoms with Gasteiger partial charge in [-0.05, 0) is 26.1 Å². The Morgan fingerprint density at radius 3 is 1.82 bits per heavy atom.